The number of carbonyl (C=O) groups excluding carboxylic acids is 1. The van der Waals surface area contributed by atoms with Gasteiger partial charge in [-0.1, -0.05) is 0 Å². The fourth-order valence-electron chi connectivity index (χ4n) is 0.775. The quantitative estimate of drug-likeness (QED) is 0.606. The van der Waals surface area contributed by atoms with Gasteiger partial charge >= 0.3 is 11.9 Å². The molecule has 0 aromatic heterocycles. The number of carboxylic acid groups (broad SMARTS) is 1. The maximum Gasteiger partial charge on any atom is 0.322 e. The standard InChI is InChI=1S/C9H17NO6S/c1-4-16-7(11)5-17(14,15)10-6-9(2,3)8(12)13/h10H,4-6H2,1-3H3,(H,12,13). The predicted octanol–water partition coefficient (Wildman–Crippen LogP) is -0.420. The van der Waals surface area contributed by atoms with Crippen molar-refractivity contribution in [3.8, 4) is 0 Å². The number of esters is 1. The van der Waals surface area contributed by atoms with Crippen molar-refractivity contribution < 1.29 is 27.9 Å². The van der Waals surface area contributed by atoms with Gasteiger partial charge in [0.1, 0.15) is 0 Å². The van der Waals surface area contributed by atoms with E-state index in [1.165, 1.54) is 13.8 Å². The molecule has 0 atom stereocenters. The molecule has 0 aromatic rings. The normalized spacial score (nSPS) is 12.2. The van der Waals surface area contributed by atoms with Gasteiger partial charge in [0.05, 0.1) is 12.0 Å². The lowest BCUT2D eigenvalue weighted by molar-refractivity contribution is -0.146. The van der Waals surface area contributed by atoms with Crippen LogP contribution in [0.2, 0.25) is 0 Å². The van der Waals surface area contributed by atoms with E-state index in [-0.39, 0.29) is 13.2 Å². The molecule has 0 aliphatic rings. The Bertz CT molecular complexity index is 386. The first-order chi connectivity index (χ1) is 7.60. The number of hydrogen-bond donors (Lipinski definition) is 2. The first kappa shape index (κ1) is 15.9. The summed E-state index contributed by atoms with van der Waals surface area (Å²) in [6.07, 6.45) is 0. The predicted molar refractivity (Wildman–Crippen MR) is 59.8 cm³/mol. The lowest BCUT2D eigenvalue weighted by atomic mass is 9.95. The van der Waals surface area contributed by atoms with Gasteiger partial charge in [-0.15, -0.1) is 0 Å². The Morgan fingerprint density at radius 1 is 1.35 bits per heavy atom. The molecule has 0 bridgehead atoms. The Balaban J connectivity index is 4.38. The largest absolute Gasteiger partial charge is 0.481 e. The molecule has 0 rings (SSSR count). The molecule has 17 heavy (non-hydrogen) atoms. The van der Waals surface area contributed by atoms with Crippen LogP contribution in [0.5, 0.6) is 0 Å². The zero-order valence-electron chi connectivity index (χ0n) is 10.0. The minimum absolute atomic E-state index is 0.0922. The molecule has 0 saturated heterocycles. The molecule has 7 nitrogen and oxygen atoms in total. The SMILES string of the molecule is CCOC(=O)CS(=O)(=O)NCC(C)(C)C(=O)O. The Kier molecular flexibility index (Phi) is 5.56. The maximum absolute atomic E-state index is 11.4. The fraction of sp³-hybridized carbons (Fsp3) is 0.778. The van der Waals surface area contributed by atoms with E-state index >= 15 is 0 Å². The lowest BCUT2D eigenvalue weighted by Crippen LogP contribution is -2.41. The second-order valence-corrected chi connectivity index (χ2v) is 5.88. The van der Waals surface area contributed by atoms with Gasteiger partial charge in [-0.2, -0.15) is 0 Å². The van der Waals surface area contributed by atoms with E-state index in [0.29, 0.717) is 0 Å². The van der Waals surface area contributed by atoms with Crippen molar-refractivity contribution in [3.63, 3.8) is 0 Å². The number of aliphatic carboxylic acids is 1. The maximum atomic E-state index is 11.4. The highest BCUT2D eigenvalue weighted by Gasteiger charge is 2.29. The molecule has 8 heteroatoms. The van der Waals surface area contributed by atoms with E-state index in [9.17, 15) is 18.0 Å². The van der Waals surface area contributed by atoms with Gasteiger partial charge in [-0.05, 0) is 20.8 Å². The molecule has 0 saturated carbocycles. The van der Waals surface area contributed by atoms with Gasteiger partial charge in [-0.25, -0.2) is 13.1 Å². The zero-order valence-corrected chi connectivity index (χ0v) is 10.8. The highest BCUT2D eigenvalue weighted by atomic mass is 32.2. The first-order valence-corrected chi connectivity index (χ1v) is 6.62. The van der Waals surface area contributed by atoms with E-state index in [4.69, 9.17) is 5.11 Å². The highest BCUT2D eigenvalue weighted by molar-refractivity contribution is 7.90. The third-order valence-corrected chi connectivity index (χ3v) is 3.13. The minimum atomic E-state index is -3.86. The number of sulfonamides is 1. The first-order valence-electron chi connectivity index (χ1n) is 4.97. The van der Waals surface area contributed by atoms with E-state index in [0.717, 1.165) is 0 Å². The number of carboxylic acids is 1. The fourth-order valence-corrected chi connectivity index (χ4v) is 1.85. The average molecular weight is 267 g/mol. The smallest absolute Gasteiger partial charge is 0.322 e. The van der Waals surface area contributed by atoms with E-state index in [1.54, 1.807) is 6.92 Å². The minimum Gasteiger partial charge on any atom is -0.481 e. The molecular formula is C9H17NO6S. The molecule has 0 aliphatic heterocycles. The van der Waals surface area contributed by atoms with Crippen molar-refractivity contribution in [2.75, 3.05) is 18.9 Å². The molecule has 0 amide bonds. The summed E-state index contributed by atoms with van der Waals surface area (Å²) in [6, 6.07) is 0. The van der Waals surface area contributed by atoms with Gasteiger partial charge in [0.2, 0.25) is 10.0 Å². The third kappa shape index (κ3) is 6.22. The average Bonchev–Trinajstić information content (AvgIpc) is 2.14. The number of ether oxygens (including phenoxy) is 1. The second-order valence-electron chi connectivity index (χ2n) is 4.07. The van der Waals surface area contributed by atoms with Crippen molar-refractivity contribution in [1.82, 2.24) is 4.72 Å². The van der Waals surface area contributed by atoms with Crippen LogP contribution < -0.4 is 4.72 Å². The summed E-state index contributed by atoms with van der Waals surface area (Å²) in [5.74, 6) is -2.80. The summed E-state index contributed by atoms with van der Waals surface area (Å²) in [5, 5.41) is 8.78. The summed E-state index contributed by atoms with van der Waals surface area (Å²) in [5.41, 5.74) is -1.23. The summed E-state index contributed by atoms with van der Waals surface area (Å²) >= 11 is 0. The molecule has 2 N–H and O–H groups in total. The second kappa shape index (κ2) is 5.97. The number of nitrogens with one attached hydrogen (secondary N) is 1. The summed E-state index contributed by atoms with van der Waals surface area (Å²) in [7, 11) is -3.86. The topological polar surface area (TPSA) is 110 Å². The van der Waals surface area contributed by atoms with Gasteiger partial charge in [-0.3, -0.25) is 9.59 Å². The number of hydrogen-bond acceptors (Lipinski definition) is 5. The molecule has 0 fully saturated rings. The van der Waals surface area contributed by atoms with Crippen LogP contribution in [0.1, 0.15) is 20.8 Å². The molecule has 0 radical (unpaired) electrons. The van der Waals surface area contributed by atoms with Gasteiger partial charge in [0.25, 0.3) is 0 Å². The van der Waals surface area contributed by atoms with Crippen LogP contribution in [0.25, 0.3) is 0 Å². The van der Waals surface area contributed by atoms with Crippen molar-refractivity contribution in [2.24, 2.45) is 5.41 Å². The number of carbonyl (C=O) groups is 2. The molecule has 0 spiro atoms. The molecule has 0 aliphatic carbocycles. The van der Waals surface area contributed by atoms with E-state index in [2.05, 4.69) is 9.46 Å². The van der Waals surface area contributed by atoms with Crippen LogP contribution in [0.4, 0.5) is 0 Å². The van der Waals surface area contributed by atoms with Crippen molar-refractivity contribution in [2.45, 2.75) is 20.8 Å². The van der Waals surface area contributed by atoms with Crippen LogP contribution >= 0.6 is 0 Å². The number of rotatable bonds is 7. The molecule has 0 unspecified atom stereocenters. The zero-order chi connectivity index (χ0) is 13.7. The van der Waals surface area contributed by atoms with Gasteiger partial charge in [0.15, 0.2) is 5.75 Å². The Labute approximate surface area is 100 Å². The van der Waals surface area contributed by atoms with Crippen molar-refractivity contribution in [1.29, 1.82) is 0 Å². The van der Waals surface area contributed by atoms with Gasteiger partial charge in [0, 0.05) is 6.54 Å². The summed E-state index contributed by atoms with van der Waals surface area (Å²) in [6.45, 7) is 4.12. The summed E-state index contributed by atoms with van der Waals surface area (Å²) < 4.78 is 29.3. The van der Waals surface area contributed by atoms with Crippen LogP contribution in [-0.2, 0) is 24.3 Å². The molecule has 0 aromatic carbocycles. The Morgan fingerprint density at radius 3 is 2.29 bits per heavy atom. The highest BCUT2D eigenvalue weighted by Crippen LogP contribution is 2.13. The van der Waals surface area contributed by atoms with E-state index in [1.807, 2.05) is 0 Å². The van der Waals surface area contributed by atoms with Gasteiger partial charge < -0.3 is 9.84 Å². The Hall–Kier alpha value is -1.15. The van der Waals surface area contributed by atoms with Crippen LogP contribution in [0.15, 0.2) is 0 Å². The Morgan fingerprint density at radius 2 is 1.88 bits per heavy atom. The van der Waals surface area contributed by atoms with E-state index < -0.39 is 33.1 Å². The molecular weight excluding hydrogens is 250 g/mol. The van der Waals surface area contributed by atoms with Crippen molar-refractivity contribution >= 4 is 22.0 Å². The third-order valence-electron chi connectivity index (χ3n) is 1.93. The van der Waals surface area contributed by atoms with Crippen LogP contribution in [0, 0.1) is 5.41 Å². The van der Waals surface area contributed by atoms with Crippen LogP contribution in [-0.4, -0.2) is 44.4 Å². The van der Waals surface area contributed by atoms with Crippen molar-refractivity contribution in [3.05, 3.63) is 0 Å². The molecule has 100 valence electrons. The lowest BCUT2D eigenvalue weighted by Gasteiger charge is -2.19. The summed E-state index contributed by atoms with van der Waals surface area (Å²) in [4.78, 5) is 21.7. The monoisotopic (exact) mass is 267 g/mol. The van der Waals surface area contributed by atoms with Crippen LogP contribution in [0.3, 0.4) is 0 Å². The molecule has 0 heterocycles.